The van der Waals surface area contributed by atoms with Crippen LogP contribution in [0, 0.1) is 27.7 Å². The Bertz CT molecular complexity index is 1110. The van der Waals surface area contributed by atoms with Gasteiger partial charge in [0.1, 0.15) is 0 Å². The maximum atomic E-state index is 12.9. The van der Waals surface area contributed by atoms with E-state index in [4.69, 9.17) is 11.6 Å². The lowest BCUT2D eigenvalue weighted by atomic mass is 9.97. The molecule has 1 amide bonds. The Morgan fingerprint density at radius 1 is 1.18 bits per heavy atom. The van der Waals surface area contributed by atoms with Crippen LogP contribution in [0.4, 0.5) is 0 Å². The number of aromatic nitrogens is 3. The van der Waals surface area contributed by atoms with Gasteiger partial charge in [-0.05, 0) is 62.6 Å². The summed E-state index contributed by atoms with van der Waals surface area (Å²) in [6, 6.07) is 5.37. The van der Waals surface area contributed by atoms with Gasteiger partial charge in [0.25, 0.3) is 11.5 Å². The van der Waals surface area contributed by atoms with Crippen LogP contribution in [-0.2, 0) is 13.6 Å². The van der Waals surface area contributed by atoms with Crippen LogP contribution < -0.4 is 10.9 Å². The number of nitrogens with zero attached hydrogens (tertiary/aromatic N) is 2. The molecule has 0 bridgehead atoms. The van der Waals surface area contributed by atoms with Crippen LogP contribution in [-0.4, -0.2) is 20.7 Å². The van der Waals surface area contributed by atoms with Crippen LogP contribution in [0.5, 0.6) is 0 Å². The third-order valence-electron chi connectivity index (χ3n) is 4.91. The molecule has 7 heteroatoms. The van der Waals surface area contributed by atoms with Gasteiger partial charge in [-0.3, -0.25) is 14.3 Å². The summed E-state index contributed by atoms with van der Waals surface area (Å²) >= 11 is 6.31. The molecule has 0 saturated carbocycles. The number of carbonyl (C=O) groups excluding carboxylic acids is 1. The molecule has 2 heterocycles. The molecule has 2 aromatic heterocycles. The highest BCUT2D eigenvalue weighted by Gasteiger charge is 2.18. The third kappa shape index (κ3) is 3.73. The predicted octanol–water partition coefficient (Wildman–Crippen LogP) is 3.59. The minimum Gasteiger partial charge on any atom is -0.348 e. The van der Waals surface area contributed by atoms with Crippen molar-refractivity contribution in [2.24, 2.45) is 7.05 Å². The summed E-state index contributed by atoms with van der Waals surface area (Å²) in [4.78, 5) is 27.8. The monoisotopic (exact) mass is 398 g/mol. The largest absolute Gasteiger partial charge is 0.348 e. The Morgan fingerprint density at radius 3 is 2.50 bits per heavy atom. The molecule has 0 fully saturated rings. The Hall–Kier alpha value is -2.86. The minimum absolute atomic E-state index is 0.145. The van der Waals surface area contributed by atoms with Gasteiger partial charge in [-0.15, -0.1) is 0 Å². The van der Waals surface area contributed by atoms with Crippen molar-refractivity contribution in [3.8, 4) is 11.3 Å². The van der Waals surface area contributed by atoms with Gasteiger partial charge in [0.15, 0.2) is 0 Å². The van der Waals surface area contributed by atoms with E-state index in [1.165, 1.54) is 0 Å². The zero-order chi connectivity index (χ0) is 20.6. The Balaban J connectivity index is 1.94. The molecule has 6 nitrogen and oxygen atoms in total. The lowest BCUT2D eigenvalue weighted by Gasteiger charge is -2.14. The second-order valence-corrected chi connectivity index (χ2v) is 7.49. The minimum atomic E-state index is -0.277. The number of carbonyl (C=O) groups is 1. The van der Waals surface area contributed by atoms with Gasteiger partial charge < -0.3 is 10.3 Å². The maximum Gasteiger partial charge on any atom is 0.253 e. The van der Waals surface area contributed by atoms with Gasteiger partial charge in [0, 0.05) is 41.0 Å². The first-order valence-corrected chi connectivity index (χ1v) is 9.33. The fraction of sp³-hybridized carbons (Fsp3) is 0.286. The van der Waals surface area contributed by atoms with Gasteiger partial charge in [-0.1, -0.05) is 11.6 Å². The van der Waals surface area contributed by atoms with Crippen molar-refractivity contribution < 1.29 is 4.79 Å². The SMILES string of the molecule is Cc1cc(C)c(CNC(=O)c2cc(Cl)cc(-c3c(C)cnn3C)c2C)c(=O)[nH]1. The molecule has 0 saturated heterocycles. The van der Waals surface area contributed by atoms with Crippen molar-refractivity contribution in [2.75, 3.05) is 0 Å². The molecule has 146 valence electrons. The van der Waals surface area contributed by atoms with E-state index in [2.05, 4.69) is 15.4 Å². The zero-order valence-electron chi connectivity index (χ0n) is 16.6. The maximum absolute atomic E-state index is 12.9. The number of aryl methyl sites for hydroxylation is 4. The fourth-order valence-corrected chi connectivity index (χ4v) is 3.68. The summed E-state index contributed by atoms with van der Waals surface area (Å²) in [5, 5.41) is 7.59. The number of nitrogens with one attached hydrogen (secondary N) is 2. The number of hydrogen-bond acceptors (Lipinski definition) is 3. The smallest absolute Gasteiger partial charge is 0.253 e. The fourth-order valence-electron chi connectivity index (χ4n) is 3.46. The molecule has 0 atom stereocenters. The predicted molar refractivity (Wildman–Crippen MR) is 111 cm³/mol. The molecule has 0 aliphatic carbocycles. The number of rotatable bonds is 4. The van der Waals surface area contributed by atoms with Crippen LogP contribution in [0.15, 0.2) is 29.2 Å². The molecular weight excluding hydrogens is 376 g/mol. The topological polar surface area (TPSA) is 79.8 Å². The van der Waals surface area contributed by atoms with Crippen LogP contribution >= 0.6 is 11.6 Å². The van der Waals surface area contributed by atoms with Crippen LogP contribution in [0.3, 0.4) is 0 Å². The van der Waals surface area contributed by atoms with Crippen molar-refractivity contribution in [1.82, 2.24) is 20.1 Å². The van der Waals surface area contributed by atoms with E-state index >= 15 is 0 Å². The van der Waals surface area contributed by atoms with Crippen molar-refractivity contribution >= 4 is 17.5 Å². The van der Waals surface area contributed by atoms with E-state index in [1.54, 1.807) is 16.9 Å². The molecule has 3 rings (SSSR count). The van der Waals surface area contributed by atoms with Gasteiger partial charge in [0.2, 0.25) is 0 Å². The highest BCUT2D eigenvalue weighted by Crippen LogP contribution is 2.31. The molecule has 0 radical (unpaired) electrons. The number of benzene rings is 1. The van der Waals surface area contributed by atoms with E-state index in [0.29, 0.717) is 16.1 Å². The first-order valence-electron chi connectivity index (χ1n) is 8.95. The lowest BCUT2D eigenvalue weighted by molar-refractivity contribution is 0.0950. The molecule has 0 spiro atoms. The van der Waals surface area contributed by atoms with Crippen LogP contribution in [0.25, 0.3) is 11.3 Å². The van der Waals surface area contributed by atoms with Crippen LogP contribution in [0.1, 0.15) is 38.3 Å². The van der Waals surface area contributed by atoms with Gasteiger partial charge in [0.05, 0.1) is 11.9 Å². The van der Waals surface area contributed by atoms with Gasteiger partial charge >= 0.3 is 0 Å². The van der Waals surface area contributed by atoms with E-state index < -0.39 is 0 Å². The third-order valence-corrected chi connectivity index (χ3v) is 5.13. The average molecular weight is 399 g/mol. The van der Waals surface area contributed by atoms with Gasteiger partial charge in [-0.2, -0.15) is 5.10 Å². The number of hydrogen-bond donors (Lipinski definition) is 2. The first-order chi connectivity index (χ1) is 13.2. The van der Waals surface area contributed by atoms with E-state index in [9.17, 15) is 9.59 Å². The molecular formula is C21H23ClN4O2. The number of amides is 1. The Labute approximate surface area is 168 Å². The van der Waals surface area contributed by atoms with Crippen molar-refractivity contribution in [3.63, 3.8) is 0 Å². The lowest BCUT2D eigenvalue weighted by Crippen LogP contribution is -2.28. The molecule has 28 heavy (non-hydrogen) atoms. The average Bonchev–Trinajstić information content (AvgIpc) is 2.94. The van der Waals surface area contributed by atoms with Crippen molar-refractivity contribution in [3.05, 3.63) is 73.3 Å². The van der Waals surface area contributed by atoms with E-state index in [-0.39, 0.29) is 18.0 Å². The quantitative estimate of drug-likeness (QED) is 0.704. The molecule has 2 N–H and O–H groups in total. The summed E-state index contributed by atoms with van der Waals surface area (Å²) in [7, 11) is 1.86. The molecule has 3 aromatic rings. The number of H-pyrrole nitrogens is 1. The number of aromatic amines is 1. The van der Waals surface area contributed by atoms with E-state index in [0.717, 1.165) is 33.6 Å². The van der Waals surface area contributed by atoms with Gasteiger partial charge in [-0.25, -0.2) is 0 Å². The molecule has 0 unspecified atom stereocenters. The summed E-state index contributed by atoms with van der Waals surface area (Å²) in [5.41, 5.74) is 6.05. The highest BCUT2D eigenvalue weighted by atomic mass is 35.5. The summed E-state index contributed by atoms with van der Waals surface area (Å²) in [6.07, 6.45) is 1.78. The molecule has 0 aliphatic rings. The molecule has 1 aromatic carbocycles. The molecule has 0 aliphatic heterocycles. The van der Waals surface area contributed by atoms with Crippen molar-refractivity contribution in [2.45, 2.75) is 34.2 Å². The second kappa shape index (κ2) is 7.64. The number of halogens is 1. The Kier molecular flexibility index (Phi) is 5.42. The normalized spacial score (nSPS) is 10.9. The summed E-state index contributed by atoms with van der Waals surface area (Å²) in [5.74, 6) is -0.277. The Morgan fingerprint density at radius 2 is 1.89 bits per heavy atom. The first kappa shape index (κ1) is 19.9. The van der Waals surface area contributed by atoms with E-state index in [1.807, 2.05) is 46.9 Å². The number of pyridine rings is 1. The second-order valence-electron chi connectivity index (χ2n) is 7.05. The van der Waals surface area contributed by atoms with Crippen molar-refractivity contribution in [1.29, 1.82) is 0 Å². The zero-order valence-corrected chi connectivity index (χ0v) is 17.4. The summed E-state index contributed by atoms with van der Waals surface area (Å²) < 4.78 is 1.77. The standard InChI is InChI=1S/C21H23ClN4O2/c1-11-6-13(3)25-21(28)18(11)10-23-20(27)17-8-15(22)7-16(14(17)4)19-12(2)9-24-26(19)5/h6-9H,10H2,1-5H3,(H,23,27)(H,25,28). The summed E-state index contributed by atoms with van der Waals surface area (Å²) in [6.45, 7) is 7.68. The highest BCUT2D eigenvalue weighted by molar-refractivity contribution is 6.31. The van der Waals surface area contributed by atoms with Crippen LogP contribution in [0.2, 0.25) is 5.02 Å².